The highest BCUT2D eigenvalue weighted by Crippen LogP contribution is 2.51. The van der Waals surface area contributed by atoms with Crippen LogP contribution in [0.2, 0.25) is 0 Å². The van der Waals surface area contributed by atoms with E-state index in [0.29, 0.717) is 18.5 Å². The molecule has 2 fully saturated rings. The third-order valence-corrected chi connectivity index (χ3v) is 6.52. The summed E-state index contributed by atoms with van der Waals surface area (Å²) in [6.45, 7) is 7.45. The van der Waals surface area contributed by atoms with Crippen molar-refractivity contribution in [1.29, 1.82) is 5.26 Å². The Morgan fingerprint density at radius 3 is 2.44 bits per heavy atom. The summed E-state index contributed by atoms with van der Waals surface area (Å²) in [6, 6.07) is 9.88. The number of hydrogen-bond acceptors (Lipinski definition) is 5. The molecule has 1 heterocycles. The second-order valence-electron chi connectivity index (χ2n) is 9.13. The first-order valence-corrected chi connectivity index (χ1v) is 10.9. The molecule has 2 N–H and O–H groups in total. The van der Waals surface area contributed by atoms with Gasteiger partial charge in [0.1, 0.15) is 11.6 Å². The molecule has 2 aromatic rings. The second kappa shape index (κ2) is 8.06. The van der Waals surface area contributed by atoms with Gasteiger partial charge in [-0.05, 0) is 63.1 Å². The fourth-order valence-corrected chi connectivity index (χ4v) is 4.47. The molecule has 4 rings (SSSR count). The first kappa shape index (κ1) is 23.6. The van der Waals surface area contributed by atoms with Crippen molar-refractivity contribution in [2.45, 2.75) is 44.4 Å². The topological polar surface area (TPSA) is 79.6 Å². The van der Waals surface area contributed by atoms with Crippen LogP contribution in [0.3, 0.4) is 0 Å². The van der Waals surface area contributed by atoms with Gasteiger partial charge in [0, 0.05) is 29.9 Å². The number of hydrogen-bond donors (Lipinski definition) is 2. The zero-order valence-electron chi connectivity index (χ0n) is 19.1. The molecule has 0 spiro atoms. The van der Waals surface area contributed by atoms with E-state index in [1.165, 1.54) is 48.3 Å². The molecule has 0 radical (unpaired) electrons. The third kappa shape index (κ3) is 3.59. The number of halogens is 3. The van der Waals surface area contributed by atoms with E-state index in [-0.39, 0.29) is 28.2 Å². The van der Waals surface area contributed by atoms with Crippen LogP contribution in [-0.4, -0.2) is 29.8 Å². The maximum absolute atomic E-state index is 15.0. The quantitative estimate of drug-likeness (QED) is 0.675. The van der Waals surface area contributed by atoms with Crippen molar-refractivity contribution in [2.75, 3.05) is 16.8 Å². The molecule has 1 saturated carbocycles. The highest BCUT2D eigenvalue weighted by atomic mass is 19.3. The van der Waals surface area contributed by atoms with Crippen LogP contribution in [0, 0.1) is 23.1 Å². The molecule has 0 bridgehead atoms. The smallest absolute Gasteiger partial charge is 0.277 e. The lowest BCUT2D eigenvalue weighted by Crippen LogP contribution is -2.46. The molecular weight excluding hydrogens is 445 g/mol. The number of benzene rings is 2. The predicted molar refractivity (Wildman–Crippen MR) is 122 cm³/mol. The van der Waals surface area contributed by atoms with E-state index in [1.807, 2.05) is 6.07 Å². The van der Waals surface area contributed by atoms with Crippen molar-refractivity contribution in [3.63, 3.8) is 0 Å². The summed E-state index contributed by atoms with van der Waals surface area (Å²) >= 11 is 0. The molecule has 1 saturated heterocycles. The minimum atomic E-state index is -3.17. The molecule has 2 aliphatic rings. The summed E-state index contributed by atoms with van der Waals surface area (Å²) in [6.07, 6.45) is -0.448. The van der Waals surface area contributed by atoms with Crippen molar-refractivity contribution in [3.05, 3.63) is 71.3 Å². The lowest BCUT2D eigenvalue weighted by atomic mass is 9.97. The predicted octanol–water partition coefficient (Wildman–Crippen LogP) is 4.45. The van der Waals surface area contributed by atoms with E-state index >= 15 is 0 Å². The highest BCUT2D eigenvalue weighted by molar-refractivity contribution is 5.94. The third-order valence-electron chi connectivity index (χ3n) is 6.52. The van der Waals surface area contributed by atoms with E-state index in [4.69, 9.17) is 0 Å². The zero-order chi connectivity index (χ0) is 25.0. The normalized spacial score (nSPS) is 19.8. The lowest BCUT2D eigenvalue weighted by Gasteiger charge is -2.33. The fraction of sp³-hybridized carbons (Fsp3) is 0.360. The minimum Gasteiger partial charge on any atom is -0.371 e. The van der Waals surface area contributed by atoms with E-state index in [1.54, 1.807) is 18.7 Å². The van der Waals surface area contributed by atoms with Crippen molar-refractivity contribution >= 4 is 17.3 Å². The Morgan fingerprint density at radius 1 is 1.24 bits per heavy atom. The van der Waals surface area contributed by atoms with Crippen LogP contribution >= 0.6 is 0 Å². The van der Waals surface area contributed by atoms with Gasteiger partial charge in [0.25, 0.3) is 11.8 Å². The van der Waals surface area contributed by atoms with E-state index < -0.39 is 35.3 Å². The van der Waals surface area contributed by atoms with Crippen molar-refractivity contribution < 1.29 is 23.1 Å². The summed E-state index contributed by atoms with van der Waals surface area (Å²) in [5.41, 5.74) is -1.10. The first-order chi connectivity index (χ1) is 15.9. The number of nitrogens with zero attached hydrogens (tertiary/aromatic N) is 3. The number of carbonyl (C=O) groups excluding carboxylic acids is 1. The van der Waals surface area contributed by atoms with Gasteiger partial charge < -0.3 is 15.3 Å². The summed E-state index contributed by atoms with van der Waals surface area (Å²) < 4.78 is 44.6. The fourth-order valence-electron chi connectivity index (χ4n) is 4.47. The molecule has 2 aromatic carbocycles. The number of nitriles is 1. The van der Waals surface area contributed by atoms with Gasteiger partial charge in [-0.25, -0.2) is 13.2 Å². The number of alkyl halides is 2. The maximum Gasteiger partial charge on any atom is 0.277 e. The van der Waals surface area contributed by atoms with Crippen molar-refractivity contribution in [2.24, 2.45) is 5.92 Å². The van der Waals surface area contributed by atoms with Crippen LogP contribution in [0.15, 0.2) is 48.8 Å². The highest BCUT2D eigenvalue weighted by Gasteiger charge is 2.51. The molecule has 9 heteroatoms. The van der Waals surface area contributed by atoms with Crippen molar-refractivity contribution in [1.82, 2.24) is 5.32 Å². The Labute approximate surface area is 195 Å². The second-order valence-corrected chi connectivity index (χ2v) is 9.13. The maximum atomic E-state index is 15.0. The van der Waals surface area contributed by atoms with Gasteiger partial charge in [-0.2, -0.15) is 5.26 Å². The Hall–Kier alpha value is -3.51. The molecule has 6 nitrogen and oxygen atoms in total. The molecule has 1 atom stereocenters. The molecular formula is C25H25F3N4O2. The molecule has 1 unspecified atom stereocenters. The van der Waals surface area contributed by atoms with Crippen LogP contribution in [-0.2, 0) is 5.92 Å². The van der Waals surface area contributed by atoms with E-state index in [0.717, 1.165) is 0 Å². The summed E-state index contributed by atoms with van der Waals surface area (Å²) in [4.78, 5) is 14.8. The summed E-state index contributed by atoms with van der Waals surface area (Å²) in [7, 11) is 1.40. The Morgan fingerprint density at radius 2 is 1.88 bits per heavy atom. The van der Waals surface area contributed by atoms with Gasteiger partial charge in [-0.15, -0.1) is 0 Å². The number of aliphatic hydroxyl groups excluding tert-OH is 1. The molecule has 178 valence electrons. The number of carbonyl (C=O) groups is 1. The van der Waals surface area contributed by atoms with Crippen LogP contribution in [0.25, 0.3) is 0 Å². The summed E-state index contributed by atoms with van der Waals surface area (Å²) in [5, 5.41) is 22.9. The van der Waals surface area contributed by atoms with E-state index in [9.17, 15) is 28.3 Å². The van der Waals surface area contributed by atoms with Gasteiger partial charge in [0.2, 0.25) is 0 Å². The molecule has 1 aliphatic carbocycles. The standard InChI is InChI=1S/C25H25F3N4O2/c1-14-31(17-8-5-15(13-29)20(11-17)25(27,28)16-6-7-16)23(34)24(2,3)32(14)18-9-10-19(21(26)12-18)22(33)30-4/h5,8-12,16,23,34H,1,6-7H2,2-4H3,(H,30,33). The number of rotatable bonds is 5. The Balaban J connectivity index is 1.76. The zero-order valence-corrected chi connectivity index (χ0v) is 19.1. The number of anilines is 2. The number of amides is 1. The number of aliphatic hydroxyl groups is 1. The molecule has 34 heavy (non-hydrogen) atoms. The average Bonchev–Trinajstić information content (AvgIpc) is 3.62. The Bertz CT molecular complexity index is 1220. The average molecular weight is 470 g/mol. The lowest BCUT2D eigenvalue weighted by molar-refractivity contribution is -0.0287. The largest absolute Gasteiger partial charge is 0.371 e. The van der Waals surface area contributed by atoms with Gasteiger partial charge >= 0.3 is 0 Å². The molecule has 1 amide bonds. The van der Waals surface area contributed by atoms with Gasteiger partial charge in [-0.3, -0.25) is 9.69 Å². The summed E-state index contributed by atoms with van der Waals surface area (Å²) in [5.74, 6) is -5.07. The van der Waals surface area contributed by atoms with E-state index in [2.05, 4.69) is 11.9 Å². The van der Waals surface area contributed by atoms with Crippen LogP contribution < -0.4 is 15.1 Å². The van der Waals surface area contributed by atoms with Gasteiger partial charge in [-0.1, -0.05) is 6.58 Å². The minimum absolute atomic E-state index is 0.122. The van der Waals surface area contributed by atoms with Crippen LogP contribution in [0.4, 0.5) is 24.5 Å². The van der Waals surface area contributed by atoms with Crippen LogP contribution in [0.5, 0.6) is 0 Å². The van der Waals surface area contributed by atoms with Gasteiger partial charge in [0.15, 0.2) is 6.23 Å². The van der Waals surface area contributed by atoms with Crippen molar-refractivity contribution in [3.8, 4) is 6.07 Å². The van der Waals surface area contributed by atoms with Crippen LogP contribution in [0.1, 0.15) is 48.2 Å². The molecule has 1 aliphatic heterocycles. The number of nitrogens with one attached hydrogen (secondary N) is 1. The SMILES string of the molecule is C=C1N(c2ccc(C#N)c(C(F)(F)C3CC3)c2)C(O)C(C)(C)N1c1ccc(C(=O)NC)c(F)c1. The Kier molecular flexibility index (Phi) is 5.61. The monoisotopic (exact) mass is 470 g/mol. The van der Waals surface area contributed by atoms with Gasteiger partial charge in [0.05, 0.1) is 22.7 Å². The molecule has 0 aromatic heterocycles. The first-order valence-electron chi connectivity index (χ1n) is 10.9.